The van der Waals surface area contributed by atoms with E-state index in [2.05, 4.69) is 15.9 Å². The van der Waals surface area contributed by atoms with Crippen LogP contribution in [-0.4, -0.2) is 6.43 Å². The van der Waals surface area contributed by atoms with Gasteiger partial charge in [0, 0.05) is 4.47 Å². The molecule has 0 saturated carbocycles. The van der Waals surface area contributed by atoms with Gasteiger partial charge in [-0.15, -0.1) is 0 Å². The zero-order valence-electron chi connectivity index (χ0n) is 7.10. The van der Waals surface area contributed by atoms with Crippen LogP contribution in [-0.2, 0) is 0 Å². The Labute approximate surface area is 84.1 Å². The standard InChI is InChI=1S/C9H10BrF2N/c1-5-2-6(4-7(10)3-5)8(13)9(11)12/h2-4,8-9H,13H2,1H3. The highest BCUT2D eigenvalue weighted by Crippen LogP contribution is 2.23. The van der Waals surface area contributed by atoms with Gasteiger partial charge in [0.25, 0.3) is 6.43 Å². The van der Waals surface area contributed by atoms with E-state index < -0.39 is 12.5 Å². The molecule has 0 aliphatic carbocycles. The Bertz CT molecular complexity index is 281. The summed E-state index contributed by atoms with van der Waals surface area (Å²) >= 11 is 3.23. The van der Waals surface area contributed by atoms with Crippen molar-refractivity contribution in [2.45, 2.75) is 19.4 Å². The van der Waals surface area contributed by atoms with Gasteiger partial charge in [0.1, 0.15) is 0 Å². The first-order valence-corrected chi connectivity index (χ1v) is 4.61. The van der Waals surface area contributed by atoms with Crippen LogP contribution in [0.3, 0.4) is 0 Å². The van der Waals surface area contributed by atoms with Crippen LogP contribution in [0.25, 0.3) is 0 Å². The lowest BCUT2D eigenvalue weighted by molar-refractivity contribution is 0.116. The number of nitrogens with two attached hydrogens (primary N) is 1. The summed E-state index contributed by atoms with van der Waals surface area (Å²) in [5.74, 6) is 0. The van der Waals surface area contributed by atoms with Gasteiger partial charge in [-0.25, -0.2) is 8.78 Å². The van der Waals surface area contributed by atoms with Crippen molar-refractivity contribution >= 4 is 15.9 Å². The molecule has 13 heavy (non-hydrogen) atoms. The summed E-state index contributed by atoms with van der Waals surface area (Å²) in [7, 11) is 0. The molecule has 0 bridgehead atoms. The zero-order valence-corrected chi connectivity index (χ0v) is 8.68. The molecule has 0 aliphatic rings. The Morgan fingerprint density at radius 3 is 2.38 bits per heavy atom. The number of aryl methyl sites for hydroxylation is 1. The third kappa shape index (κ3) is 2.74. The Morgan fingerprint density at radius 2 is 1.92 bits per heavy atom. The normalized spacial score (nSPS) is 13.4. The average molecular weight is 250 g/mol. The number of hydrogen-bond acceptors (Lipinski definition) is 1. The summed E-state index contributed by atoms with van der Waals surface area (Å²) < 4.78 is 25.3. The largest absolute Gasteiger partial charge is 0.319 e. The second kappa shape index (κ2) is 4.15. The highest BCUT2D eigenvalue weighted by atomic mass is 79.9. The van der Waals surface area contributed by atoms with Gasteiger partial charge in [-0.05, 0) is 30.2 Å². The van der Waals surface area contributed by atoms with Gasteiger partial charge in [0.05, 0.1) is 6.04 Å². The SMILES string of the molecule is Cc1cc(Br)cc(C(N)C(F)F)c1. The molecular weight excluding hydrogens is 240 g/mol. The first-order valence-electron chi connectivity index (χ1n) is 3.81. The molecule has 0 spiro atoms. The molecule has 72 valence electrons. The zero-order chi connectivity index (χ0) is 10.0. The van der Waals surface area contributed by atoms with Crippen LogP contribution in [0.5, 0.6) is 0 Å². The molecule has 0 fully saturated rings. The van der Waals surface area contributed by atoms with Gasteiger partial charge in [-0.1, -0.05) is 22.0 Å². The smallest absolute Gasteiger partial charge is 0.257 e. The predicted octanol–water partition coefficient (Wildman–Crippen LogP) is 3.02. The summed E-state index contributed by atoms with van der Waals surface area (Å²) in [6.07, 6.45) is -2.52. The fourth-order valence-electron chi connectivity index (χ4n) is 1.10. The lowest BCUT2D eigenvalue weighted by atomic mass is 10.1. The average Bonchev–Trinajstić information content (AvgIpc) is 2.01. The minimum Gasteiger partial charge on any atom is -0.319 e. The maximum Gasteiger partial charge on any atom is 0.257 e. The third-order valence-corrected chi connectivity index (χ3v) is 2.18. The summed E-state index contributed by atoms with van der Waals surface area (Å²) in [6.45, 7) is 1.84. The summed E-state index contributed by atoms with van der Waals surface area (Å²) in [4.78, 5) is 0. The van der Waals surface area contributed by atoms with E-state index in [1.54, 1.807) is 12.1 Å². The first-order chi connectivity index (χ1) is 6.00. The van der Waals surface area contributed by atoms with Crippen molar-refractivity contribution in [2.75, 3.05) is 0 Å². The van der Waals surface area contributed by atoms with Crippen molar-refractivity contribution in [3.63, 3.8) is 0 Å². The van der Waals surface area contributed by atoms with Crippen LogP contribution in [0.2, 0.25) is 0 Å². The molecule has 1 aromatic rings. The molecule has 1 atom stereocenters. The van der Waals surface area contributed by atoms with E-state index in [1.165, 1.54) is 0 Å². The van der Waals surface area contributed by atoms with E-state index >= 15 is 0 Å². The van der Waals surface area contributed by atoms with Gasteiger partial charge in [0.15, 0.2) is 0 Å². The van der Waals surface area contributed by atoms with Crippen molar-refractivity contribution in [2.24, 2.45) is 5.73 Å². The van der Waals surface area contributed by atoms with E-state index in [9.17, 15) is 8.78 Å². The molecule has 1 rings (SSSR count). The number of halogens is 3. The molecule has 0 radical (unpaired) electrons. The van der Waals surface area contributed by atoms with Crippen LogP contribution in [0.15, 0.2) is 22.7 Å². The van der Waals surface area contributed by atoms with Gasteiger partial charge in [-0.3, -0.25) is 0 Å². The number of hydrogen-bond donors (Lipinski definition) is 1. The van der Waals surface area contributed by atoms with Crippen LogP contribution in [0.1, 0.15) is 17.2 Å². The van der Waals surface area contributed by atoms with Crippen molar-refractivity contribution in [1.29, 1.82) is 0 Å². The van der Waals surface area contributed by atoms with Crippen molar-refractivity contribution in [3.05, 3.63) is 33.8 Å². The van der Waals surface area contributed by atoms with Crippen molar-refractivity contribution < 1.29 is 8.78 Å². The third-order valence-electron chi connectivity index (χ3n) is 1.72. The van der Waals surface area contributed by atoms with Crippen LogP contribution in [0, 0.1) is 6.92 Å². The Kier molecular flexibility index (Phi) is 3.39. The molecule has 0 aliphatic heterocycles. The Morgan fingerprint density at radius 1 is 1.31 bits per heavy atom. The number of rotatable bonds is 2. The molecule has 1 aromatic carbocycles. The number of alkyl halides is 2. The molecule has 2 N–H and O–H groups in total. The lowest BCUT2D eigenvalue weighted by Crippen LogP contribution is -2.18. The van der Waals surface area contributed by atoms with Gasteiger partial charge in [-0.2, -0.15) is 0 Å². The van der Waals surface area contributed by atoms with E-state index in [-0.39, 0.29) is 0 Å². The van der Waals surface area contributed by atoms with Crippen LogP contribution in [0.4, 0.5) is 8.78 Å². The molecule has 0 amide bonds. The monoisotopic (exact) mass is 249 g/mol. The number of benzene rings is 1. The minimum absolute atomic E-state index is 0.460. The van der Waals surface area contributed by atoms with E-state index in [1.807, 2.05) is 13.0 Å². The summed E-state index contributed by atoms with van der Waals surface area (Å²) in [6, 6.07) is 3.93. The Balaban J connectivity index is 3.01. The molecule has 4 heteroatoms. The Hall–Kier alpha value is -0.480. The molecule has 0 aromatic heterocycles. The van der Waals surface area contributed by atoms with Gasteiger partial charge < -0.3 is 5.73 Å². The fourth-order valence-corrected chi connectivity index (χ4v) is 1.73. The van der Waals surface area contributed by atoms with Gasteiger partial charge in [0.2, 0.25) is 0 Å². The molecule has 1 nitrogen and oxygen atoms in total. The lowest BCUT2D eigenvalue weighted by Gasteiger charge is -2.11. The fraction of sp³-hybridized carbons (Fsp3) is 0.333. The summed E-state index contributed by atoms with van der Waals surface area (Å²) in [5.41, 5.74) is 6.68. The van der Waals surface area contributed by atoms with E-state index in [4.69, 9.17) is 5.73 Å². The maximum absolute atomic E-state index is 12.2. The highest BCUT2D eigenvalue weighted by Gasteiger charge is 2.17. The van der Waals surface area contributed by atoms with Crippen LogP contribution >= 0.6 is 15.9 Å². The molecular formula is C9H10BrF2N. The van der Waals surface area contributed by atoms with E-state index in [0.29, 0.717) is 5.56 Å². The maximum atomic E-state index is 12.2. The molecule has 1 unspecified atom stereocenters. The van der Waals surface area contributed by atoms with E-state index in [0.717, 1.165) is 10.0 Å². The second-order valence-electron chi connectivity index (χ2n) is 2.92. The second-order valence-corrected chi connectivity index (χ2v) is 3.84. The first kappa shape index (κ1) is 10.6. The van der Waals surface area contributed by atoms with Crippen molar-refractivity contribution in [1.82, 2.24) is 0 Å². The van der Waals surface area contributed by atoms with Crippen molar-refractivity contribution in [3.8, 4) is 0 Å². The summed E-state index contributed by atoms with van der Waals surface area (Å²) in [5, 5.41) is 0. The quantitative estimate of drug-likeness (QED) is 0.857. The molecule has 0 heterocycles. The minimum atomic E-state index is -2.52. The van der Waals surface area contributed by atoms with Crippen LogP contribution < -0.4 is 5.73 Å². The molecule has 0 saturated heterocycles. The highest BCUT2D eigenvalue weighted by molar-refractivity contribution is 9.10. The van der Waals surface area contributed by atoms with Gasteiger partial charge >= 0.3 is 0 Å². The predicted molar refractivity (Wildman–Crippen MR) is 51.8 cm³/mol. The topological polar surface area (TPSA) is 26.0 Å².